The molecule has 2 fully saturated rings. The smallest absolute Gasteiger partial charge is 0.224 e. The summed E-state index contributed by atoms with van der Waals surface area (Å²) in [6, 6.07) is 5.61. The average molecular weight is 400 g/mol. The van der Waals surface area contributed by atoms with Gasteiger partial charge in [-0.05, 0) is 37.1 Å². The fourth-order valence-corrected chi connectivity index (χ4v) is 4.08. The van der Waals surface area contributed by atoms with E-state index in [9.17, 15) is 4.79 Å². The fourth-order valence-electron chi connectivity index (χ4n) is 3.61. The molecule has 2 aliphatic rings. The number of rotatable bonds is 6. The Morgan fingerprint density at radius 2 is 2.00 bits per heavy atom. The predicted molar refractivity (Wildman–Crippen MR) is 105 cm³/mol. The van der Waals surface area contributed by atoms with Crippen molar-refractivity contribution in [3.05, 3.63) is 33.8 Å². The van der Waals surface area contributed by atoms with Crippen LogP contribution in [0.5, 0.6) is 0 Å². The highest BCUT2D eigenvalue weighted by molar-refractivity contribution is 6.35. The number of hydrogen-bond donors (Lipinski definition) is 1. The van der Waals surface area contributed by atoms with E-state index in [0.29, 0.717) is 16.6 Å². The number of halogens is 2. The number of nitrogens with zero attached hydrogens (tertiary/aromatic N) is 2. The van der Waals surface area contributed by atoms with E-state index in [2.05, 4.69) is 15.1 Å². The van der Waals surface area contributed by atoms with Crippen molar-refractivity contribution < 1.29 is 9.53 Å². The molecule has 1 aromatic rings. The highest BCUT2D eigenvalue weighted by Crippen LogP contribution is 2.25. The Kier molecular flexibility index (Phi) is 7.58. The Labute approximate surface area is 165 Å². The van der Waals surface area contributed by atoms with Gasteiger partial charge in [0.05, 0.1) is 19.1 Å². The van der Waals surface area contributed by atoms with Crippen molar-refractivity contribution in [2.75, 3.05) is 52.5 Å². The van der Waals surface area contributed by atoms with Gasteiger partial charge in [0, 0.05) is 49.3 Å². The molecule has 3 rings (SSSR count). The van der Waals surface area contributed by atoms with Crippen LogP contribution in [0.15, 0.2) is 18.2 Å². The van der Waals surface area contributed by atoms with Gasteiger partial charge in [-0.2, -0.15) is 0 Å². The first-order valence-electron chi connectivity index (χ1n) is 9.36. The number of nitrogens with one attached hydrogen (secondary N) is 1. The molecule has 2 aliphatic heterocycles. The van der Waals surface area contributed by atoms with Gasteiger partial charge in [0.1, 0.15) is 0 Å². The van der Waals surface area contributed by atoms with Gasteiger partial charge in [0.2, 0.25) is 5.91 Å². The molecule has 2 saturated heterocycles. The van der Waals surface area contributed by atoms with Gasteiger partial charge >= 0.3 is 0 Å². The summed E-state index contributed by atoms with van der Waals surface area (Å²) in [6.45, 7) is 7.62. The van der Waals surface area contributed by atoms with E-state index in [4.69, 9.17) is 27.9 Å². The Morgan fingerprint density at radius 1 is 1.19 bits per heavy atom. The molecule has 7 heteroatoms. The molecule has 26 heavy (non-hydrogen) atoms. The normalized spacial score (nSPS) is 22.3. The first kappa shape index (κ1) is 19.9. The zero-order chi connectivity index (χ0) is 18.4. The van der Waals surface area contributed by atoms with Crippen LogP contribution in [0.4, 0.5) is 0 Å². The highest BCUT2D eigenvalue weighted by atomic mass is 35.5. The van der Waals surface area contributed by atoms with Crippen LogP contribution in [-0.2, 0) is 16.1 Å². The number of amides is 1. The van der Waals surface area contributed by atoms with Crippen molar-refractivity contribution >= 4 is 29.1 Å². The summed E-state index contributed by atoms with van der Waals surface area (Å²) in [5, 5.41) is 4.45. The van der Waals surface area contributed by atoms with E-state index in [1.165, 1.54) is 0 Å². The second-order valence-corrected chi connectivity index (χ2v) is 7.90. The lowest BCUT2D eigenvalue weighted by atomic mass is 9.96. The zero-order valence-electron chi connectivity index (χ0n) is 15.1. The lowest BCUT2D eigenvalue weighted by molar-refractivity contribution is -0.126. The number of likely N-dealkylation sites (tertiary alicyclic amines) is 1. The molecule has 1 aromatic carbocycles. The number of carbonyl (C=O) groups excluding carboxylic acids is 1. The van der Waals surface area contributed by atoms with Crippen LogP contribution in [0.25, 0.3) is 0 Å². The number of morpholine rings is 1. The lowest BCUT2D eigenvalue weighted by Crippen LogP contribution is -2.45. The Bertz CT molecular complexity index is 608. The summed E-state index contributed by atoms with van der Waals surface area (Å²) in [4.78, 5) is 17.2. The SMILES string of the molecule is O=C(NCCN1CCOCC1)[C@H]1CCCN(Cc2ccc(Cl)cc2Cl)C1. The van der Waals surface area contributed by atoms with E-state index in [1.807, 2.05) is 12.1 Å². The highest BCUT2D eigenvalue weighted by Gasteiger charge is 2.26. The van der Waals surface area contributed by atoms with E-state index in [-0.39, 0.29) is 11.8 Å². The summed E-state index contributed by atoms with van der Waals surface area (Å²) in [5.74, 6) is 0.227. The van der Waals surface area contributed by atoms with Crippen LogP contribution in [0, 0.1) is 5.92 Å². The molecule has 1 atom stereocenters. The number of ether oxygens (including phenoxy) is 1. The molecular weight excluding hydrogens is 373 g/mol. The number of hydrogen-bond acceptors (Lipinski definition) is 4. The van der Waals surface area contributed by atoms with Gasteiger partial charge < -0.3 is 10.1 Å². The van der Waals surface area contributed by atoms with Crippen molar-refractivity contribution in [2.24, 2.45) is 5.92 Å². The van der Waals surface area contributed by atoms with Gasteiger partial charge in [-0.1, -0.05) is 29.3 Å². The molecule has 0 aliphatic carbocycles. The molecule has 1 N–H and O–H groups in total. The first-order chi connectivity index (χ1) is 12.6. The molecule has 0 saturated carbocycles. The topological polar surface area (TPSA) is 44.8 Å². The molecule has 0 unspecified atom stereocenters. The summed E-state index contributed by atoms with van der Waals surface area (Å²) in [5.41, 5.74) is 1.06. The van der Waals surface area contributed by atoms with Crippen molar-refractivity contribution in [3.8, 4) is 0 Å². The molecule has 144 valence electrons. The Hall–Kier alpha value is -0.850. The number of benzene rings is 1. The summed E-state index contributed by atoms with van der Waals surface area (Å²) >= 11 is 12.3. The Balaban J connectivity index is 1.44. The quantitative estimate of drug-likeness (QED) is 0.798. The Morgan fingerprint density at radius 3 is 2.77 bits per heavy atom. The second kappa shape index (κ2) is 9.90. The molecule has 0 radical (unpaired) electrons. The molecule has 0 bridgehead atoms. The minimum absolute atomic E-state index is 0.0551. The lowest BCUT2D eigenvalue weighted by Gasteiger charge is -2.32. The van der Waals surface area contributed by atoms with E-state index >= 15 is 0 Å². The van der Waals surface area contributed by atoms with Crippen LogP contribution in [0.2, 0.25) is 10.0 Å². The summed E-state index contributed by atoms with van der Waals surface area (Å²) in [6.07, 6.45) is 1.99. The van der Waals surface area contributed by atoms with Crippen LogP contribution in [-0.4, -0.2) is 68.2 Å². The maximum atomic E-state index is 12.5. The molecule has 5 nitrogen and oxygen atoms in total. The average Bonchev–Trinajstić information content (AvgIpc) is 2.65. The first-order valence-corrected chi connectivity index (χ1v) is 10.1. The summed E-state index contributed by atoms with van der Waals surface area (Å²) < 4.78 is 5.35. The standard InChI is InChI=1S/C19H27Cl2N3O2/c20-17-4-3-15(18(21)12-17)13-24-6-1-2-16(14-24)19(25)22-5-7-23-8-10-26-11-9-23/h3-4,12,16H,1-2,5-11,13-14H2,(H,22,25)/t16-/m0/s1. The van der Waals surface area contributed by atoms with E-state index in [0.717, 1.165) is 70.9 Å². The maximum Gasteiger partial charge on any atom is 0.224 e. The van der Waals surface area contributed by atoms with Gasteiger partial charge in [0.15, 0.2) is 0 Å². The van der Waals surface area contributed by atoms with Crippen molar-refractivity contribution in [1.82, 2.24) is 15.1 Å². The van der Waals surface area contributed by atoms with Gasteiger partial charge in [-0.15, -0.1) is 0 Å². The third kappa shape index (κ3) is 5.83. The molecular formula is C19H27Cl2N3O2. The predicted octanol–water partition coefficient (Wildman–Crippen LogP) is 2.65. The molecule has 0 spiro atoms. The van der Waals surface area contributed by atoms with Crippen molar-refractivity contribution in [2.45, 2.75) is 19.4 Å². The monoisotopic (exact) mass is 399 g/mol. The summed E-state index contributed by atoms with van der Waals surface area (Å²) in [7, 11) is 0. The maximum absolute atomic E-state index is 12.5. The zero-order valence-corrected chi connectivity index (χ0v) is 16.6. The largest absolute Gasteiger partial charge is 0.379 e. The van der Waals surface area contributed by atoms with Crippen LogP contribution in [0.1, 0.15) is 18.4 Å². The van der Waals surface area contributed by atoms with Gasteiger partial charge in [0.25, 0.3) is 0 Å². The van der Waals surface area contributed by atoms with Crippen molar-refractivity contribution in [3.63, 3.8) is 0 Å². The second-order valence-electron chi connectivity index (χ2n) is 7.06. The molecule has 0 aromatic heterocycles. The van der Waals surface area contributed by atoms with Crippen LogP contribution < -0.4 is 5.32 Å². The van der Waals surface area contributed by atoms with E-state index < -0.39 is 0 Å². The van der Waals surface area contributed by atoms with Crippen LogP contribution >= 0.6 is 23.2 Å². The minimum Gasteiger partial charge on any atom is -0.379 e. The number of piperidine rings is 1. The van der Waals surface area contributed by atoms with Crippen molar-refractivity contribution in [1.29, 1.82) is 0 Å². The van der Waals surface area contributed by atoms with Crippen LogP contribution in [0.3, 0.4) is 0 Å². The fraction of sp³-hybridized carbons (Fsp3) is 0.632. The van der Waals surface area contributed by atoms with E-state index in [1.54, 1.807) is 6.07 Å². The molecule has 2 heterocycles. The number of carbonyl (C=O) groups is 1. The molecule has 1 amide bonds. The minimum atomic E-state index is 0.0551. The van der Waals surface area contributed by atoms with Gasteiger partial charge in [-0.25, -0.2) is 0 Å². The van der Waals surface area contributed by atoms with Gasteiger partial charge in [-0.3, -0.25) is 14.6 Å². The third-order valence-electron chi connectivity index (χ3n) is 5.12. The third-order valence-corrected chi connectivity index (χ3v) is 5.70.